The van der Waals surface area contributed by atoms with Crippen molar-refractivity contribution in [1.29, 1.82) is 0 Å². The molecule has 0 spiro atoms. The largest absolute Gasteiger partial charge is 0.416 e. The van der Waals surface area contributed by atoms with Crippen molar-refractivity contribution in [1.82, 2.24) is 0 Å². The molecule has 1 atom stereocenters. The molecule has 0 unspecified atom stereocenters. The summed E-state index contributed by atoms with van der Waals surface area (Å²) in [6.45, 7) is 14.9. The van der Waals surface area contributed by atoms with Gasteiger partial charge in [0, 0.05) is 18.0 Å². The summed E-state index contributed by atoms with van der Waals surface area (Å²) in [6, 6.07) is 8.17. The van der Waals surface area contributed by atoms with Crippen LogP contribution in [0.25, 0.3) is 0 Å². The van der Waals surface area contributed by atoms with Gasteiger partial charge in [0.25, 0.3) is 0 Å². The molecule has 0 saturated heterocycles. The van der Waals surface area contributed by atoms with Gasteiger partial charge in [-0.3, -0.25) is 4.79 Å². The molecule has 0 saturated carbocycles. The van der Waals surface area contributed by atoms with Crippen molar-refractivity contribution in [2.24, 2.45) is 5.92 Å². The second-order valence-electron chi connectivity index (χ2n) is 7.94. The predicted octanol–water partition coefficient (Wildman–Crippen LogP) is 4.78. The van der Waals surface area contributed by atoms with Gasteiger partial charge in [-0.2, -0.15) is 0 Å². The molecule has 1 aromatic carbocycles. The lowest BCUT2D eigenvalue weighted by molar-refractivity contribution is -0.116. The van der Waals surface area contributed by atoms with Crippen molar-refractivity contribution in [2.75, 3.05) is 23.8 Å². The van der Waals surface area contributed by atoms with Crippen LogP contribution < -0.4 is 4.90 Å². The molecule has 3 nitrogen and oxygen atoms in total. The Morgan fingerprint density at radius 2 is 1.96 bits per heavy atom. The highest BCUT2D eigenvalue weighted by atomic mass is 32.2. The van der Waals surface area contributed by atoms with Crippen LogP contribution in [-0.2, 0) is 9.22 Å². The molecule has 1 aliphatic heterocycles. The van der Waals surface area contributed by atoms with Gasteiger partial charge < -0.3 is 9.33 Å². The van der Waals surface area contributed by atoms with E-state index in [0.29, 0.717) is 11.7 Å². The number of hydrogen-bond donors (Lipinski definition) is 0. The first-order valence-corrected chi connectivity index (χ1v) is 12.2. The highest BCUT2D eigenvalue weighted by molar-refractivity contribution is 8.00. The Morgan fingerprint density at radius 1 is 1.30 bits per heavy atom. The summed E-state index contributed by atoms with van der Waals surface area (Å²) >= 11 is 1.63. The number of anilines is 1. The van der Waals surface area contributed by atoms with Crippen LogP contribution in [0.5, 0.6) is 0 Å². The zero-order valence-corrected chi connectivity index (χ0v) is 17.0. The van der Waals surface area contributed by atoms with Crippen LogP contribution in [0.2, 0.25) is 18.1 Å². The van der Waals surface area contributed by atoms with Gasteiger partial charge in [0.2, 0.25) is 5.91 Å². The Bertz CT molecular complexity index is 568. The summed E-state index contributed by atoms with van der Waals surface area (Å²) in [5.74, 6) is 1.06. The van der Waals surface area contributed by atoms with Gasteiger partial charge in [-0.15, -0.1) is 11.8 Å². The van der Waals surface area contributed by atoms with Crippen LogP contribution in [-0.4, -0.2) is 33.1 Å². The number of carbonyl (C=O) groups is 1. The maximum atomic E-state index is 12.3. The molecule has 0 aromatic heterocycles. The molecule has 0 fully saturated rings. The fraction of sp³-hybridized carbons (Fsp3) is 0.611. The standard InChI is InChI=1S/C18H29NO2SSi/c1-14(12-21-23(5,6)18(2,3)4)11-19-15-9-7-8-10-16(15)22-13-17(19)20/h7-10,14H,11-13H2,1-6H3/t14-/m0/s1. The number of carbonyl (C=O) groups excluding carboxylic acids is 1. The zero-order chi connectivity index (χ0) is 17.3. The summed E-state index contributed by atoms with van der Waals surface area (Å²) in [6.07, 6.45) is 0. The predicted molar refractivity (Wildman–Crippen MR) is 102 cm³/mol. The summed E-state index contributed by atoms with van der Waals surface area (Å²) in [4.78, 5) is 15.5. The van der Waals surface area contributed by atoms with Gasteiger partial charge >= 0.3 is 0 Å². The van der Waals surface area contributed by atoms with Crippen molar-refractivity contribution in [3.63, 3.8) is 0 Å². The van der Waals surface area contributed by atoms with Gasteiger partial charge in [0.15, 0.2) is 8.32 Å². The van der Waals surface area contributed by atoms with Crippen LogP contribution in [0.3, 0.4) is 0 Å². The molecule has 0 N–H and O–H groups in total. The first-order valence-electron chi connectivity index (χ1n) is 8.28. The third-order valence-corrected chi connectivity index (χ3v) is 10.4. The van der Waals surface area contributed by atoms with Crippen LogP contribution in [0.1, 0.15) is 27.7 Å². The quantitative estimate of drug-likeness (QED) is 0.715. The van der Waals surface area contributed by atoms with Crippen LogP contribution in [0.4, 0.5) is 5.69 Å². The van der Waals surface area contributed by atoms with E-state index in [2.05, 4.69) is 46.9 Å². The van der Waals surface area contributed by atoms with E-state index in [0.717, 1.165) is 18.8 Å². The third kappa shape index (κ3) is 4.40. The number of benzene rings is 1. The SMILES string of the molecule is C[C@H](CO[Si](C)(C)C(C)(C)C)CN1C(=O)CSc2ccccc21. The van der Waals surface area contributed by atoms with E-state index in [1.807, 2.05) is 23.1 Å². The van der Waals surface area contributed by atoms with Gasteiger partial charge in [-0.25, -0.2) is 0 Å². The fourth-order valence-electron chi connectivity index (χ4n) is 2.29. The zero-order valence-electron chi connectivity index (χ0n) is 15.2. The van der Waals surface area contributed by atoms with Crippen LogP contribution in [0.15, 0.2) is 29.2 Å². The van der Waals surface area contributed by atoms with E-state index >= 15 is 0 Å². The Kier molecular flexibility index (Phi) is 5.64. The van der Waals surface area contributed by atoms with Crippen LogP contribution in [0, 0.1) is 5.92 Å². The Morgan fingerprint density at radius 3 is 2.61 bits per heavy atom. The Hall–Kier alpha value is -0.783. The molecule has 2 rings (SSSR count). The van der Waals surface area contributed by atoms with E-state index in [1.165, 1.54) is 4.90 Å². The fourth-order valence-corrected chi connectivity index (χ4v) is 4.36. The number of rotatable bonds is 5. The molecular weight excluding hydrogens is 322 g/mol. The molecule has 23 heavy (non-hydrogen) atoms. The second kappa shape index (κ2) is 6.99. The van der Waals surface area contributed by atoms with Crippen molar-refractivity contribution in [2.45, 2.75) is 50.7 Å². The minimum atomic E-state index is -1.73. The van der Waals surface area contributed by atoms with Crippen molar-refractivity contribution >= 4 is 31.7 Å². The minimum Gasteiger partial charge on any atom is -0.416 e. The van der Waals surface area contributed by atoms with Gasteiger partial charge in [0.05, 0.1) is 11.4 Å². The summed E-state index contributed by atoms with van der Waals surface area (Å²) < 4.78 is 6.32. The van der Waals surface area contributed by atoms with Gasteiger partial charge in [0.1, 0.15) is 0 Å². The lowest BCUT2D eigenvalue weighted by Crippen LogP contribution is -2.44. The summed E-state index contributed by atoms with van der Waals surface area (Å²) in [5, 5.41) is 0.219. The Labute approximate surface area is 145 Å². The second-order valence-corrected chi connectivity index (χ2v) is 13.8. The third-order valence-electron chi connectivity index (χ3n) is 4.84. The molecule has 1 amide bonds. The highest BCUT2D eigenvalue weighted by Crippen LogP contribution is 2.37. The molecule has 0 bridgehead atoms. The van der Waals surface area contributed by atoms with E-state index < -0.39 is 8.32 Å². The normalized spacial score (nSPS) is 17.1. The van der Waals surface area contributed by atoms with Gasteiger partial charge in [-0.05, 0) is 36.2 Å². The van der Waals surface area contributed by atoms with Crippen molar-refractivity contribution in [3.8, 4) is 0 Å². The molecule has 128 valence electrons. The van der Waals surface area contributed by atoms with E-state index in [9.17, 15) is 4.79 Å². The first kappa shape index (κ1) is 18.6. The number of para-hydroxylation sites is 1. The topological polar surface area (TPSA) is 29.5 Å². The highest BCUT2D eigenvalue weighted by Gasteiger charge is 2.37. The number of hydrogen-bond acceptors (Lipinski definition) is 3. The van der Waals surface area contributed by atoms with E-state index in [-0.39, 0.29) is 10.9 Å². The summed E-state index contributed by atoms with van der Waals surface area (Å²) in [7, 11) is -1.73. The number of fused-ring (bicyclic) bond motifs is 1. The smallest absolute Gasteiger partial charge is 0.237 e. The van der Waals surface area contributed by atoms with E-state index in [1.54, 1.807) is 11.8 Å². The minimum absolute atomic E-state index is 0.202. The maximum Gasteiger partial charge on any atom is 0.237 e. The number of thioether (sulfide) groups is 1. The lowest BCUT2D eigenvalue weighted by Gasteiger charge is -2.38. The average molecular weight is 352 g/mol. The summed E-state index contributed by atoms with van der Waals surface area (Å²) in [5.41, 5.74) is 1.05. The molecule has 5 heteroatoms. The first-order chi connectivity index (χ1) is 10.6. The molecule has 1 aliphatic rings. The molecule has 1 heterocycles. The molecular formula is C18H29NO2SSi. The van der Waals surface area contributed by atoms with E-state index in [4.69, 9.17) is 4.43 Å². The molecule has 0 aliphatic carbocycles. The lowest BCUT2D eigenvalue weighted by atomic mass is 10.1. The molecule has 1 aromatic rings. The monoisotopic (exact) mass is 351 g/mol. The van der Waals surface area contributed by atoms with Gasteiger partial charge in [-0.1, -0.05) is 39.8 Å². The number of amides is 1. The van der Waals surface area contributed by atoms with Crippen molar-refractivity contribution in [3.05, 3.63) is 24.3 Å². The van der Waals surface area contributed by atoms with Crippen LogP contribution >= 0.6 is 11.8 Å². The molecule has 0 radical (unpaired) electrons. The average Bonchev–Trinajstić information content (AvgIpc) is 2.47. The van der Waals surface area contributed by atoms with Crippen molar-refractivity contribution < 1.29 is 9.22 Å². The Balaban J connectivity index is 2.01. The maximum absolute atomic E-state index is 12.3. The number of nitrogens with zero attached hydrogens (tertiary/aromatic N) is 1.